The second-order valence-corrected chi connectivity index (χ2v) is 15.3. The third-order valence-electron chi connectivity index (χ3n) is 12.2. The molecule has 2 nitrogen and oxygen atoms in total. The monoisotopic (exact) mass is 675 g/mol. The van der Waals surface area contributed by atoms with Crippen LogP contribution < -0.4 is 0 Å². The van der Waals surface area contributed by atoms with E-state index in [0.717, 1.165) is 27.6 Å². The Kier molecular flexibility index (Phi) is 5.60. The summed E-state index contributed by atoms with van der Waals surface area (Å²) in [6, 6.07) is 60.6. The molecule has 0 unspecified atom stereocenters. The van der Waals surface area contributed by atoms with E-state index in [1.807, 2.05) is 6.07 Å². The van der Waals surface area contributed by atoms with E-state index in [1.165, 1.54) is 87.5 Å². The van der Waals surface area contributed by atoms with Crippen LogP contribution in [0.3, 0.4) is 0 Å². The molecule has 0 saturated carbocycles. The number of rotatable bonds is 2. The van der Waals surface area contributed by atoms with Crippen LogP contribution in [0.25, 0.3) is 104 Å². The molecule has 2 heteroatoms. The number of hydrogen-bond donors (Lipinski definition) is 0. The maximum Gasteiger partial charge on any atom is 0.135 e. The zero-order valence-electron chi connectivity index (χ0n) is 29.4. The van der Waals surface area contributed by atoms with Gasteiger partial charge in [0.25, 0.3) is 0 Å². The van der Waals surface area contributed by atoms with Gasteiger partial charge in [0.15, 0.2) is 0 Å². The van der Waals surface area contributed by atoms with Gasteiger partial charge in [0.05, 0.1) is 11.0 Å². The predicted octanol–water partition coefficient (Wildman–Crippen LogP) is 14.1. The van der Waals surface area contributed by atoms with Gasteiger partial charge in [0, 0.05) is 32.6 Å². The Balaban J connectivity index is 1.14. The molecule has 0 radical (unpaired) electrons. The minimum Gasteiger partial charge on any atom is -0.456 e. The molecule has 2 heterocycles. The average molecular weight is 676 g/mol. The zero-order valence-corrected chi connectivity index (χ0v) is 29.4. The van der Waals surface area contributed by atoms with E-state index in [9.17, 15) is 0 Å². The molecule has 0 spiro atoms. The van der Waals surface area contributed by atoms with Crippen molar-refractivity contribution < 1.29 is 4.42 Å². The molecule has 0 bridgehead atoms. The van der Waals surface area contributed by atoms with Crippen LogP contribution >= 0.6 is 0 Å². The number of benzene rings is 9. The maximum absolute atomic E-state index is 6.26. The zero-order chi connectivity index (χ0) is 35.0. The number of para-hydroxylation sites is 1. The predicted molar refractivity (Wildman–Crippen MR) is 224 cm³/mol. The molecule has 9 aromatic carbocycles. The lowest BCUT2D eigenvalue weighted by Crippen LogP contribution is -2.14. The molecule has 1 aliphatic carbocycles. The molecule has 0 N–H and O–H groups in total. The summed E-state index contributed by atoms with van der Waals surface area (Å²) in [6.45, 7) is 4.73. The standard InChI is InChI=1S/C51H33NO/c1-51(2)45-17-9-7-15-38(45)41-28-43-42-26-31(30-19-22-37-35-13-4-3-11-33(35)34-12-5-6-14-36(34)40(37)25-30)20-23-47(42)52(48(43)29-46(41)51)32-21-24-50-44(27-32)39-16-8-10-18-49(39)53-50/h3-29H,1-2H3. The molecule has 11 aromatic rings. The minimum atomic E-state index is -0.102. The first-order chi connectivity index (χ1) is 26.0. The van der Waals surface area contributed by atoms with E-state index in [0.29, 0.717) is 0 Å². The Morgan fingerprint density at radius 2 is 0.962 bits per heavy atom. The summed E-state index contributed by atoms with van der Waals surface area (Å²) in [6.07, 6.45) is 0. The van der Waals surface area contributed by atoms with Crippen molar-refractivity contribution in [3.05, 3.63) is 175 Å². The Hall–Kier alpha value is -6.64. The van der Waals surface area contributed by atoms with E-state index >= 15 is 0 Å². The fourth-order valence-electron chi connectivity index (χ4n) is 9.61. The highest BCUT2D eigenvalue weighted by molar-refractivity contribution is 6.26. The summed E-state index contributed by atoms with van der Waals surface area (Å²) in [7, 11) is 0. The third-order valence-corrected chi connectivity index (χ3v) is 12.2. The second-order valence-electron chi connectivity index (χ2n) is 15.3. The first-order valence-corrected chi connectivity index (χ1v) is 18.5. The van der Waals surface area contributed by atoms with Crippen molar-refractivity contribution in [3.8, 4) is 27.9 Å². The Morgan fingerprint density at radius 3 is 1.74 bits per heavy atom. The van der Waals surface area contributed by atoms with Crippen LogP contribution in [-0.2, 0) is 5.41 Å². The normalized spacial score (nSPS) is 13.6. The highest BCUT2D eigenvalue weighted by atomic mass is 16.3. The molecule has 0 fully saturated rings. The summed E-state index contributed by atoms with van der Waals surface area (Å²) < 4.78 is 8.73. The van der Waals surface area contributed by atoms with Crippen LogP contribution in [0.1, 0.15) is 25.0 Å². The molecule has 1 aliphatic rings. The molecule has 0 amide bonds. The van der Waals surface area contributed by atoms with Gasteiger partial charge in [0.1, 0.15) is 11.2 Å². The summed E-state index contributed by atoms with van der Waals surface area (Å²) in [5, 5.41) is 12.6. The molecule has 0 aliphatic heterocycles. The van der Waals surface area contributed by atoms with Crippen LogP contribution in [0.5, 0.6) is 0 Å². The van der Waals surface area contributed by atoms with Crippen LogP contribution in [0.15, 0.2) is 168 Å². The number of furan rings is 1. The average Bonchev–Trinajstić information content (AvgIpc) is 3.81. The minimum absolute atomic E-state index is 0.102. The van der Waals surface area contributed by atoms with Gasteiger partial charge in [-0.05, 0) is 120 Å². The smallest absolute Gasteiger partial charge is 0.135 e. The van der Waals surface area contributed by atoms with Crippen molar-refractivity contribution in [1.29, 1.82) is 0 Å². The number of fused-ring (bicyclic) bond motifs is 15. The number of aromatic nitrogens is 1. The maximum atomic E-state index is 6.26. The van der Waals surface area contributed by atoms with Crippen LogP contribution in [-0.4, -0.2) is 4.57 Å². The fourth-order valence-corrected chi connectivity index (χ4v) is 9.61. The van der Waals surface area contributed by atoms with Gasteiger partial charge < -0.3 is 8.98 Å². The quantitative estimate of drug-likeness (QED) is 0.167. The molecule has 53 heavy (non-hydrogen) atoms. The van der Waals surface area contributed by atoms with E-state index in [-0.39, 0.29) is 5.41 Å². The van der Waals surface area contributed by atoms with E-state index in [2.05, 4.69) is 176 Å². The van der Waals surface area contributed by atoms with Crippen molar-refractivity contribution in [2.75, 3.05) is 0 Å². The largest absolute Gasteiger partial charge is 0.456 e. The highest BCUT2D eigenvalue weighted by Gasteiger charge is 2.36. The Bertz CT molecular complexity index is 3340. The van der Waals surface area contributed by atoms with Crippen molar-refractivity contribution in [3.63, 3.8) is 0 Å². The topological polar surface area (TPSA) is 18.1 Å². The first kappa shape index (κ1) is 29.0. The second kappa shape index (κ2) is 10.2. The van der Waals surface area contributed by atoms with Gasteiger partial charge in [-0.3, -0.25) is 0 Å². The van der Waals surface area contributed by atoms with E-state index < -0.39 is 0 Å². The number of hydrogen-bond acceptors (Lipinski definition) is 1. The molecule has 0 atom stereocenters. The number of nitrogens with zero attached hydrogens (tertiary/aromatic N) is 1. The van der Waals surface area contributed by atoms with Crippen molar-refractivity contribution in [1.82, 2.24) is 4.57 Å². The lowest BCUT2D eigenvalue weighted by molar-refractivity contribution is 0.661. The Labute approximate surface area is 306 Å². The fraction of sp³-hybridized carbons (Fsp3) is 0.0588. The molecular formula is C51H33NO. The molecule has 12 rings (SSSR count). The van der Waals surface area contributed by atoms with Crippen molar-refractivity contribution in [2.24, 2.45) is 0 Å². The SMILES string of the molecule is CC1(C)c2ccccc2-c2cc3c4cc(-c5ccc6c7ccccc7c7ccccc7c6c5)ccc4n(-c4ccc5oc6ccccc6c5c4)c3cc21. The Morgan fingerprint density at radius 1 is 0.377 bits per heavy atom. The lowest BCUT2D eigenvalue weighted by Gasteiger charge is -2.21. The van der Waals surface area contributed by atoms with E-state index in [4.69, 9.17) is 4.42 Å². The third kappa shape index (κ3) is 3.87. The summed E-state index contributed by atoms with van der Waals surface area (Å²) in [5.41, 5.74) is 13.2. The molecule has 0 saturated heterocycles. The molecule has 2 aromatic heterocycles. The van der Waals surface area contributed by atoms with Gasteiger partial charge in [-0.15, -0.1) is 0 Å². The van der Waals surface area contributed by atoms with Crippen molar-refractivity contribution >= 4 is 76.1 Å². The van der Waals surface area contributed by atoms with Gasteiger partial charge >= 0.3 is 0 Å². The van der Waals surface area contributed by atoms with Gasteiger partial charge in [-0.25, -0.2) is 0 Å². The first-order valence-electron chi connectivity index (χ1n) is 18.5. The summed E-state index contributed by atoms with van der Waals surface area (Å²) in [5.74, 6) is 0. The molecular weight excluding hydrogens is 643 g/mol. The molecule has 248 valence electrons. The highest BCUT2D eigenvalue weighted by Crippen LogP contribution is 2.51. The summed E-state index contributed by atoms with van der Waals surface area (Å²) >= 11 is 0. The van der Waals surface area contributed by atoms with E-state index in [1.54, 1.807) is 0 Å². The van der Waals surface area contributed by atoms with Gasteiger partial charge in [-0.2, -0.15) is 0 Å². The van der Waals surface area contributed by atoms with Gasteiger partial charge in [-0.1, -0.05) is 123 Å². The van der Waals surface area contributed by atoms with Crippen LogP contribution in [0.4, 0.5) is 0 Å². The van der Waals surface area contributed by atoms with Gasteiger partial charge in [0.2, 0.25) is 0 Å². The van der Waals surface area contributed by atoms with Crippen LogP contribution in [0, 0.1) is 0 Å². The summed E-state index contributed by atoms with van der Waals surface area (Å²) in [4.78, 5) is 0. The van der Waals surface area contributed by atoms with Crippen LogP contribution in [0.2, 0.25) is 0 Å². The lowest BCUT2D eigenvalue weighted by atomic mass is 9.82. The van der Waals surface area contributed by atoms with Crippen molar-refractivity contribution in [2.45, 2.75) is 19.3 Å².